The summed E-state index contributed by atoms with van der Waals surface area (Å²) >= 11 is 6.51. The second kappa shape index (κ2) is 10.2. The lowest BCUT2D eigenvalue weighted by Crippen LogP contribution is -2.31. The van der Waals surface area contributed by atoms with Gasteiger partial charge >= 0.3 is 6.18 Å². The summed E-state index contributed by atoms with van der Waals surface area (Å²) < 4.78 is 44.2. The average molecular weight is 496 g/mol. The number of nitrogens with zero attached hydrogens (tertiary/aromatic N) is 1. The van der Waals surface area contributed by atoms with Gasteiger partial charge in [0, 0.05) is 18.0 Å². The highest BCUT2D eigenvalue weighted by Gasteiger charge is 2.33. The van der Waals surface area contributed by atoms with Crippen LogP contribution in [0.4, 0.5) is 18.9 Å². The number of nitriles is 1. The molecule has 2 amide bonds. The van der Waals surface area contributed by atoms with Crippen molar-refractivity contribution in [3.63, 3.8) is 0 Å². The van der Waals surface area contributed by atoms with Crippen LogP contribution in [0.5, 0.6) is 5.75 Å². The van der Waals surface area contributed by atoms with Gasteiger partial charge < -0.3 is 15.4 Å². The van der Waals surface area contributed by atoms with Crippen LogP contribution in [0.15, 0.2) is 53.1 Å². The van der Waals surface area contributed by atoms with Crippen molar-refractivity contribution in [2.75, 3.05) is 18.2 Å². The van der Waals surface area contributed by atoms with E-state index in [9.17, 15) is 28.0 Å². The van der Waals surface area contributed by atoms with Crippen LogP contribution in [0.3, 0.4) is 0 Å². The first kappa shape index (κ1) is 24.5. The molecular formula is C22H17ClF3N3O3S. The van der Waals surface area contributed by atoms with Gasteiger partial charge in [0.05, 0.1) is 40.1 Å². The monoisotopic (exact) mass is 495 g/mol. The Balaban J connectivity index is 1.74. The number of amides is 2. The van der Waals surface area contributed by atoms with E-state index >= 15 is 0 Å². The van der Waals surface area contributed by atoms with E-state index in [0.29, 0.717) is 11.3 Å². The molecule has 2 aromatic carbocycles. The number of anilines is 1. The van der Waals surface area contributed by atoms with E-state index in [1.54, 1.807) is 24.3 Å². The number of ether oxygens (including phenoxy) is 1. The van der Waals surface area contributed by atoms with E-state index in [4.69, 9.17) is 16.3 Å². The van der Waals surface area contributed by atoms with Crippen molar-refractivity contribution in [1.82, 2.24) is 5.32 Å². The SMILES string of the molecule is COc1ccc([C@H]2CC(=O)NC(SCC(=O)Nc3ccc(Cl)c(C(F)(F)F)c3)=C2C#N)cc1. The first-order valence-corrected chi connectivity index (χ1v) is 10.9. The molecule has 1 aliphatic heterocycles. The molecule has 2 aromatic rings. The first-order valence-electron chi connectivity index (χ1n) is 9.50. The maximum Gasteiger partial charge on any atom is 0.417 e. The maximum absolute atomic E-state index is 13.0. The molecule has 0 fully saturated rings. The Morgan fingerprint density at radius 3 is 2.61 bits per heavy atom. The minimum Gasteiger partial charge on any atom is -0.497 e. The van der Waals surface area contributed by atoms with Crippen molar-refractivity contribution < 1.29 is 27.5 Å². The lowest BCUT2D eigenvalue weighted by molar-refractivity contribution is -0.137. The molecule has 0 saturated heterocycles. The largest absolute Gasteiger partial charge is 0.497 e. The molecule has 3 rings (SSSR count). The summed E-state index contributed by atoms with van der Waals surface area (Å²) in [5.74, 6) is -1.03. The molecule has 1 atom stereocenters. The van der Waals surface area contributed by atoms with Crippen molar-refractivity contribution in [2.45, 2.75) is 18.5 Å². The zero-order valence-corrected chi connectivity index (χ0v) is 18.7. The summed E-state index contributed by atoms with van der Waals surface area (Å²) in [7, 11) is 1.53. The minimum atomic E-state index is -4.66. The third-order valence-corrected chi connectivity index (χ3v) is 6.12. The second-order valence-corrected chi connectivity index (χ2v) is 8.35. The van der Waals surface area contributed by atoms with Gasteiger partial charge in [-0.05, 0) is 35.9 Å². The zero-order chi connectivity index (χ0) is 24.2. The number of benzene rings is 2. The highest BCUT2D eigenvalue weighted by molar-refractivity contribution is 8.03. The van der Waals surface area contributed by atoms with E-state index in [-0.39, 0.29) is 28.8 Å². The van der Waals surface area contributed by atoms with Crippen LogP contribution >= 0.6 is 23.4 Å². The van der Waals surface area contributed by atoms with Crippen molar-refractivity contribution in [1.29, 1.82) is 5.26 Å². The summed E-state index contributed by atoms with van der Waals surface area (Å²) in [6.45, 7) is 0. The second-order valence-electron chi connectivity index (χ2n) is 6.96. The fourth-order valence-electron chi connectivity index (χ4n) is 3.21. The van der Waals surface area contributed by atoms with Crippen LogP contribution in [0.2, 0.25) is 5.02 Å². The molecule has 0 radical (unpaired) electrons. The number of carbonyl (C=O) groups is 2. The molecule has 0 aliphatic carbocycles. The van der Waals surface area contributed by atoms with Crippen molar-refractivity contribution >= 4 is 40.9 Å². The predicted molar refractivity (Wildman–Crippen MR) is 119 cm³/mol. The van der Waals surface area contributed by atoms with Gasteiger partial charge in [-0.3, -0.25) is 9.59 Å². The number of methoxy groups -OCH3 is 1. The van der Waals surface area contributed by atoms with Gasteiger partial charge in [0.15, 0.2) is 0 Å². The third kappa shape index (κ3) is 6.00. The van der Waals surface area contributed by atoms with Crippen LogP contribution in [-0.4, -0.2) is 24.7 Å². The Morgan fingerprint density at radius 2 is 2.00 bits per heavy atom. The number of rotatable bonds is 6. The van der Waals surface area contributed by atoms with Crippen LogP contribution in [0.25, 0.3) is 0 Å². The fourth-order valence-corrected chi connectivity index (χ4v) is 4.31. The van der Waals surface area contributed by atoms with Gasteiger partial charge in [0.2, 0.25) is 11.8 Å². The zero-order valence-electron chi connectivity index (χ0n) is 17.1. The van der Waals surface area contributed by atoms with Gasteiger partial charge in [0.1, 0.15) is 5.75 Å². The number of allylic oxidation sites excluding steroid dienone is 1. The molecule has 0 bridgehead atoms. The minimum absolute atomic E-state index is 0.0659. The molecule has 6 nitrogen and oxygen atoms in total. The summed E-state index contributed by atoms with van der Waals surface area (Å²) in [5, 5.41) is 14.4. The van der Waals surface area contributed by atoms with E-state index < -0.39 is 28.6 Å². The normalized spacial score (nSPS) is 16.1. The smallest absolute Gasteiger partial charge is 0.417 e. The van der Waals surface area contributed by atoms with Crippen LogP contribution in [-0.2, 0) is 15.8 Å². The highest BCUT2D eigenvalue weighted by Crippen LogP contribution is 2.37. The maximum atomic E-state index is 13.0. The molecule has 1 heterocycles. The van der Waals surface area contributed by atoms with E-state index in [2.05, 4.69) is 16.7 Å². The Morgan fingerprint density at radius 1 is 1.30 bits per heavy atom. The Hall–Kier alpha value is -3.16. The number of alkyl halides is 3. The quantitative estimate of drug-likeness (QED) is 0.583. The number of nitrogens with one attached hydrogen (secondary N) is 2. The summed E-state index contributed by atoms with van der Waals surface area (Å²) in [6, 6.07) is 12.1. The third-order valence-electron chi connectivity index (χ3n) is 4.78. The van der Waals surface area contributed by atoms with Crippen molar-refractivity contribution in [3.8, 4) is 11.8 Å². The lowest BCUT2D eigenvalue weighted by atomic mass is 9.87. The molecule has 1 aliphatic rings. The molecule has 0 aromatic heterocycles. The number of halogens is 4. The fraction of sp³-hybridized carbons (Fsp3) is 0.227. The van der Waals surface area contributed by atoms with Crippen LogP contribution in [0.1, 0.15) is 23.5 Å². The standard InChI is InChI=1S/C22H17ClF3N3O3S/c1-32-14-5-2-12(3-6-14)15-9-19(30)29-21(16(15)10-27)33-11-20(31)28-13-4-7-18(23)17(8-13)22(24,25)26/h2-8,15H,9,11H2,1H3,(H,28,31)(H,29,30)/t15-/m1/s1. The van der Waals surface area contributed by atoms with E-state index in [1.807, 2.05) is 0 Å². The van der Waals surface area contributed by atoms with Gasteiger partial charge in [0.25, 0.3) is 0 Å². The molecule has 0 spiro atoms. The molecule has 33 heavy (non-hydrogen) atoms. The topological polar surface area (TPSA) is 91.2 Å². The van der Waals surface area contributed by atoms with Crippen LogP contribution < -0.4 is 15.4 Å². The number of thioether (sulfide) groups is 1. The predicted octanol–water partition coefficient (Wildman–Crippen LogP) is 5.08. The van der Waals surface area contributed by atoms with Gasteiger partial charge in [-0.15, -0.1) is 0 Å². The summed E-state index contributed by atoms with van der Waals surface area (Å²) in [5.41, 5.74) is -0.101. The lowest BCUT2D eigenvalue weighted by Gasteiger charge is -2.25. The molecule has 172 valence electrons. The molecule has 0 saturated carbocycles. The number of hydrogen-bond donors (Lipinski definition) is 2. The Labute approximate surface area is 196 Å². The van der Waals surface area contributed by atoms with Crippen LogP contribution in [0, 0.1) is 11.3 Å². The summed E-state index contributed by atoms with van der Waals surface area (Å²) in [6.07, 6.45) is -4.60. The van der Waals surface area contributed by atoms with Crippen molar-refractivity contribution in [3.05, 3.63) is 69.2 Å². The van der Waals surface area contributed by atoms with E-state index in [1.165, 1.54) is 13.2 Å². The first-order chi connectivity index (χ1) is 15.6. The van der Waals surface area contributed by atoms with E-state index in [0.717, 1.165) is 29.5 Å². The highest BCUT2D eigenvalue weighted by atomic mass is 35.5. The number of hydrogen-bond acceptors (Lipinski definition) is 5. The molecule has 11 heteroatoms. The summed E-state index contributed by atoms with van der Waals surface area (Å²) in [4.78, 5) is 24.5. The van der Waals surface area contributed by atoms with Gasteiger partial charge in [-0.25, -0.2) is 0 Å². The number of carbonyl (C=O) groups excluding carboxylic acids is 2. The van der Waals surface area contributed by atoms with Gasteiger partial charge in [-0.2, -0.15) is 18.4 Å². The Kier molecular flexibility index (Phi) is 7.56. The molecule has 2 N–H and O–H groups in total. The molecular weight excluding hydrogens is 479 g/mol. The Bertz CT molecular complexity index is 1140. The van der Waals surface area contributed by atoms with Crippen molar-refractivity contribution in [2.24, 2.45) is 0 Å². The van der Waals surface area contributed by atoms with Gasteiger partial charge in [-0.1, -0.05) is 35.5 Å². The average Bonchev–Trinajstić information content (AvgIpc) is 2.78. The molecule has 0 unspecified atom stereocenters.